The molecule has 2 aromatic carbocycles. The van der Waals surface area contributed by atoms with Crippen molar-refractivity contribution in [2.24, 2.45) is 0 Å². The zero-order valence-electron chi connectivity index (χ0n) is 19.2. The van der Waals surface area contributed by atoms with Crippen LogP contribution in [0.1, 0.15) is 43.2 Å². The number of hydrogen-bond donors (Lipinski definition) is 1. The number of carbonyl (C=O) groups is 4. The minimum atomic E-state index is -1.18. The highest BCUT2D eigenvalue weighted by Crippen LogP contribution is 2.42. The van der Waals surface area contributed by atoms with Gasteiger partial charge in [-0.3, -0.25) is 19.2 Å². The molecule has 0 spiro atoms. The van der Waals surface area contributed by atoms with Crippen molar-refractivity contribution < 1.29 is 23.9 Å². The highest BCUT2D eigenvalue weighted by molar-refractivity contribution is 6.31. The summed E-state index contributed by atoms with van der Waals surface area (Å²) in [6.45, 7) is -0.386. The lowest BCUT2D eigenvalue weighted by Gasteiger charge is -2.43. The van der Waals surface area contributed by atoms with E-state index in [0.29, 0.717) is 23.4 Å². The molecule has 0 aromatic heterocycles. The Labute approximate surface area is 204 Å². The smallest absolute Gasteiger partial charge is 0.308 e. The number of ether oxygens (including phenoxy) is 1. The zero-order chi connectivity index (χ0) is 24.6. The van der Waals surface area contributed by atoms with Gasteiger partial charge in [0.2, 0.25) is 5.91 Å². The SMILES string of the molecule is CN(C(=O)COC(=O)CCNC(=O)Cc1ccccc1)C1(c2ccccc2Cl)CCCCC1=O. The molecule has 1 saturated carbocycles. The van der Waals surface area contributed by atoms with Crippen LogP contribution >= 0.6 is 11.6 Å². The average Bonchev–Trinajstić information content (AvgIpc) is 2.83. The molecule has 0 heterocycles. The van der Waals surface area contributed by atoms with Crippen molar-refractivity contribution in [1.29, 1.82) is 0 Å². The lowest BCUT2D eigenvalue weighted by molar-refractivity contribution is -0.157. The molecule has 0 saturated heterocycles. The number of rotatable bonds is 9. The number of esters is 1. The molecule has 180 valence electrons. The third kappa shape index (κ3) is 6.03. The van der Waals surface area contributed by atoms with E-state index >= 15 is 0 Å². The summed E-state index contributed by atoms with van der Waals surface area (Å²) < 4.78 is 5.14. The minimum Gasteiger partial charge on any atom is -0.456 e. The van der Waals surface area contributed by atoms with Crippen LogP contribution in [0.3, 0.4) is 0 Å². The van der Waals surface area contributed by atoms with Gasteiger partial charge in [-0.1, -0.05) is 60.1 Å². The Bertz CT molecular complexity index is 1040. The van der Waals surface area contributed by atoms with Gasteiger partial charge in [0.25, 0.3) is 5.91 Å². The Morgan fingerprint density at radius 2 is 1.76 bits per heavy atom. The standard InChI is InChI=1S/C26H29ClN2O5/c1-29(26(15-8-7-13-22(26)30)20-11-5-6-12-21(20)27)24(32)18-34-25(33)14-16-28-23(31)17-19-9-3-2-4-10-19/h2-6,9-12H,7-8,13-18H2,1H3,(H,28,31). The van der Waals surface area contributed by atoms with E-state index < -0.39 is 24.0 Å². The van der Waals surface area contributed by atoms with Crippen LogP contribution in [0.15, 0.2) is 54.6 Å². The van der Waals surface area contributed by atoms with E-state index in [0.717, 1.165) is 18.4 Å². The van der Waals surface area contributed by atoms with Gasteiger partial charge in [-0.25, -0.2) is 0 Å². The summed E-state index contributed by atoms with van der Waals surface area (Å²) in [5.41, 5.74) is 0.288. The molecule has 0 aliphatic heterocycles. The maximum atomic E-state index is 13.1. The molecule has 3 rings (SSSR count). The van der Waals surface area contributed by atoms with Crippen LogP contribution in [0.25, 0.3) is 0 Å². The molecule has 0 bridgehead atoms. The molecular formula is C26H29ClN2O5. The van der Waals surface area contributed by atoms with Gasteiger partial charge < -0.3 is 15.0 Å². The van der Waals surface area contributed by atoms with Gasteiger partial charge in [0.05, 0.1) is 12.8 Å². The molecular weight excluding hydrogens is 456 g/mol. The Morgan fingerprint density at radius 1 is 1.06 bits per heavy atom. The molecule has 34 heavy (non-hydrogen) atoms. The molecule has 1 N–H and O–H groups in total. The maximum Gasteiger partial charge on any atom is 0.308 e. The first-order chi connectivity index (χ1) is 16.3. The van der Waals surface area contributed by atoms with E-state index in [4.69, 9.17) is 16.3 Å². The Balaban J connectivity index is 1.53. The molecule has 1 unspecified atom stereocenters. The quantitative estimate of drug-likeness (QED) is 0.550. The van der Waals surface area contributed by atoms with Crippen LogP contribution < -0.4 is 5.32 Å². The van der Waals surface area contributed by atoms with Crippen molar-refractivity contribution >= 4 is 35.2 Å². The lowest BCUT2D eigenvalue weighted by atomic mass is 9.74. The zero-order valence-corrected chi connectivity index (χ0v) is 20.0. The molecule has 2 amide bonds. The van der Waals surface area contributed by atoms with E-state index in [1.807, 2.05) is 30.3 Å². The van der Waals surface area contributed by atoms with Gasteiger partial charge in [-0.2, -0.15) is 0 Å². The van der Waals surface area contributed by atoms with Gasteiger partial charge in [0.1, 0.15) is 5.54 Å². The first kappa shape index (κ1) is 25.4. The molecule has 1 aliphatic carbocycles. The van der Waals surface area contributed by atoms with Gasteiger partial charge in [-0.05, 0) is 30.9 Å². The summed E-state index contributed by atoms with van der Waals surface area (Å²) in [5.74, 6) is -1.37. The number of nitrogens with zero attached hydrogens (tertiary/aromatic N) is 1. The molecule has 2 aromatic rings. The first-order valence-electron chi connectivity index (χ1n) is 11.4. The van der Waals surface area contributed by atoms with E-state index in [2.05, 4.69) is 5.32 Å². The first-order valence-corrected chi connectivity index (χ1v) is 11.7. The molecule has 0 radical (unpaired) electrons. The van der Waals surface area contributed by atoms with Crippen molar-refractivity contribution in [3.8, 4) is 0 Å². The highest BCUT2D eigenvalue weighted by Gasteiger charge is 2.47. The summed E-state index contributed by atoms with van der Waals surface area (Å²) in [5, 5.41) is 3.09. The van der Waals surface area contributed by atoms with Crippen LogP contribution in [0.4, 0.5) is 0 Å². The van der Waals surface area contributed by atoms with Crippen molar-refractivity contribution in [3.05, 3.63) is 70.7 Å². The minimum absolute atomic E-state index is 0.0634. The highest BCUT2D eigenvalue weighted by atomic mass is 35.5. The number of ketones is 1. The molecule has 1 fully saturated rings. The second-order valence-electron chi connectivity index (χ2n) is 8.35. The maximum absolute atomic E-state index is 13.1. The number of carbonyl (C=O) groups excluding carboxylic acids is 4. The summed E-state index contributed by atoms with van der Waals surface area (Å²) in [7, 11) is 1.55. The average molecular weight is 485 g/mol. The van der Waals surface area contributed by atoms with Gasteiger partial charge in [0, 0.05) is 30.6 Å². The normalized spacial score (nSPS) is 17.6. The second-order valence-corrected chi connectivity index (χ2v) is 8.75. The number of amides is 2. The van der Waals surface area contributed by atoms with Gasteiger partial charge in [0.15, 0.2) is 12.4 Å². The van der Waals surface area contributed by atoms with Gasteiger partial charge in [-0.15, -0.1) is 0 Å². The molecule has 8 heteroatoms. The van der Waals surface area contributed by atoms with Gasteiger partial charge >= 0.3 is 5.97 Å². The van der Waals surface area contributed by atoms with E-state index in [1.54, 1.807) is 31.3 Å². The molecule has 1 atom stereocenters. The summed E-state index contributed by atoms with van der Waals surface area (Å²) in [4.78, 5) is 51.5. The monoisotopic (exact) mass is 484 g/mol. The lowest BCUT2D eigenvalue weighted by Crippen LogP contribution is -2.55. The number of likely N-dealkylation sites (N-methyl/N-ethyl adjacent to an activating group) is 1. The third-order valence-electron chi connectivity index (χ3n) is 6.14. The Morgan fingerprint density at radius 3 is 2.47 bits per heavy atom. The van der Waals surface area contributed by atoms with Crippen LogP contribution in [0.2, 0.25) is 5.02 Å². The van der Waals surface area contributed by atoms with Crippen LogP contribution in [-0.2, 0) is 35.9 Å². The number of halogens is 1. The Kier molecular flexibility index (Phi) is 8.82. The number of hydrogen-bond acceptors (Lipinski definition) is 5. The predicted octanol–water partition coefficient (Wildman–Crippen LogP) is 3.43. The molecule has 1 aliphatic rings. The predicted molar refractivity (Wildman–Crippen MR) is 128 cm³/mol. The summed E-state index contributed by atoms with van der Waals surface area (Å²) >= 11 is 6.41. The third-order valence-corrected chi connectivity index (χ3v) is 6.46. The number of benzene rings is 2. The fraction of sp³-hybridized carbons (Fsp3) is 0.385. The topological polar surface area (TPSA) is 92.8 Å². The molecule has 7 nitrogen and oxygen atoms in total. The van der Waals surface area contributed by atoms with E-state index in [9.17, 15) is 19.2 Å². The summed E-state index contributed by atoms with van der Waals surface area (Å²) in [6.07, 6.45) is 2.50. The number of nitrogens with one attached hydrogen (secondary N) is 1. The second kappa shape index (κ2) is 11.8. The van der Waals surface area contributed by atoms with Crippen molar-refractivity contribution in [2.75, 3.05) is 20.2 Å². The largest absolute Gasteiger partial charge is 0.456 e. The fourth-order valence-electron chi connectivity index (χ4n) is 4.30. The van der Waals surface area contributed by atoms with Crippen LogP contribution in [0, 0.1) is 0 Å². The van der Waals surface area contributed by atoms with E-state index in [1.165, 1.54) is 4.90 Å². The summed E-state index contributed by atoms with van der Waals surface area (Å²) in [6, 6.07) is 16.3. The fourth-order valence-corrected chi connectivity index (χ4v) is 4.59. The van der Waals surface area contributed by atoms with Crippen LogP contribution in [-0.4, -0.2) is 48.7 Å². The Hall–Kier alpha value is -3.19. The van der Waals surface area contributed by atoms with Crippen molar-refractivity contribution in [3.63, 3.8) is 0 Å². The van der Waals surface area contributed by atoms with Crippen LogP contribution in [0.5, 0.6) is 0 Å². The van der Waals surface area contributed by atoms with Crippen molar-refractivity contribution in [1.82, 2.24) is 10.2 Å². The van der Waals surface area contributed by atoms with Crippen molar-refractivity contribution in [2.45, 2.75) is 44.1 Å². The number of Topliss-reactive ketones (excluding diaryl/α,β-unsaturated/α-hetero) is 1. The van der Waals surface area contributed by atoms with E-state index in [-0.39, 0.29) is 31.1 Å².